The smallest absolute Gasteiger partial charge is 0.246 e. The molecular weight excluding hydrogens is 314 g/mol. The van der Waals surface area contributed by atoms with Crippen molar-refractivity contribution < 1.29 is 18.3 Å². The molecule has 0 radical (unpaired) electrons. The third-order valence-electron chi connectivity index (χ3n) is 3.94. The first kappa shape index (κ1) is 16.5. The molecule has 1 N–H and O–H groups in total. The molecule has 1 aliphatic carbocycles. The van der Waals surface area contributed by atoms with E-state index in [0.29, 0.717) is 17.9 Å². The van der Waals surface area contributed by atoms with E-state index >= 15 is 0 Å². The highest BCUT2D eigenvalue weighted by molar-refractivity contribution is 7.89. The van der Waals surface area contributed by atoms with Crippen LogP contribution in [-0.4, -0.2) is 44.1 Å². The van der Waals surface area contributed by atoms with Crippen LogP contribution in [0.4, 0.5) is 0 Å². The molecule has 0 amide bonds. The van der Waals surface area contributed by atoms with Crippen molar-refractivity contribution in [1.29, 1.82) is 0 Å². The lowest BCUT2D eigenvalue weighted by molar-refractivity contribution is 0.0637. The van der Waals surface area contributed by atoms with E-state index in [-0.39, 0.29) is 10.6 Å². The monoisotopic (exact) mass is 333 g/mol. The molecule has 0 spiro atoms. The summed E-state index contributed by atoms with van der Waals surface area (Å²) in [6.07, 6.45) is 2.47. The maximum atomic E-state index is 12.8. The van der Waals surface area contributed by atoms with Gasteiger partial charge in [-0.1, -0.05) is 24.4 Å². The molecule has 1 saturated carbocycles. The lowest BCUT2D eigenvalue weighted by atomic mass is 9.93. The molecule has 0 unspecified atom stereocenters. The Labute approximate surface area is 130 Å². The van der Waals surface area contributed by atoms with Crippen LogP contribution in [0.5, 0.6) is 5.75 Å². The van der Waals surface area contributed by atoms with E-state index in [1.165, 1.54) is 30.6 Å². The predicted molar refractivity (Wildman–Crippen MR) is 81.2 cm³/mol. The number of halogens is 1. The highest BCUT2D eigenvalue weighted by atomic mass is 35.5. The van der Waals surface area contributed by atoms with Gasteiger partial charge in [-0.2, -0.15) is 4.31 Å². The zero-order valence-electron chi connectivity index (χ0n) is 12.1. The van der Waals surface area contributed by atoms with Crippen molar-refractivity contribution in [3.63, 3.8) is 0 Å². The Morgan fingerprint density at radius 1 is 1.33 bits per heavy atom. The summed E-state index contributed by atoms with van der Waals surface area (Å²) in [5, 5.41) is 10.4. The molecule has 118 valence electrons. The first-order valence-electron chi connectivity index (χ1n) is 6.87. The first-order chi connectivity index (χ1) is 9.87. The summed E-state index contributed by atoms with van der Waals surface area (Å²) >= 11 is 5.91. The van der Waals surface area contributed by atoms with Gasteiger partial charge in [0.1, 0.15) is 10.6 Å². The molecule has 1 aromatic rings. The second kappa shape index (κ2) is 6.52. The van der Waals surface area contributed by atoms with Crippen LogP contribution in [0.3, 0.4) is 0 Å². The average molecular weight is 334 g/mol. The maximum Gasteiger partial charge on any atom is 0.246 e. The summed E-state index contributed by atoms with van der Waals surface area (Å²) in [4.78, 5) is 0.0257. The van der Waals surface area contributed by atoms with Crippen LogP contribution in [0.15, 0.2) is 23.1 Å². The molecule has 1 aromatic carbocycles. The normalized spacial score (nSPS) is 23.3. The third kappa shape index (κ3) is 3.34. The molecule has 0 aromatic heterocycles. The Balaban J connectivity index is 2.39. The molecule has 0 heterocycles. The molecule has 7 heteroatoms. The summed E-state index contributed by atoms with van der Waals surface area (Å²) in [5.41, 5.74) is 0. The van der Waals surface area contributed by atoms with Gasteiger partial charge in [0.15, 0.2) is 0 Å². The molecule has 0 bridgehead atoms. The van der Waals surface area contributed by atoms with Crippen molar-refractivity contribution in [1.82, 2.24) is 4.31 Å². The van der Waals surface area contributed by atoms with Gasteiger partial charge in [0.2, 0.25) is 10.0 Å². The van der Waals surface area contributed by atoms with Crippen LogP contribution in [-0.2, 0) is 10.0 Å². The van der Waals surface area contributed by atoms with Gasteiger partial charge < -0.3 is 9.84 Å². The van der Waals surface area contributed by atoms with Gasteiger partial charge in [-0.15, -0.1) is 0 Å². The zero-order valence-corrected chi connectivity index (χ0v) is 13.7. The highest BCUT2D eigenvalue weighted by Gasteiger charge is 2.35. The summed E-state index contributed by atoms with van der Waals surface area (Å²) < 4.78 is 31.9. The lowest BCUT2D eigenvalue weighted by Crippen LogP contribution is -2.46. The third-order valence-corrected chi connectivity index (χ3v) is 6.08. The number of ether oxygens (including phenoxy) is 1. The molecule has 1 aliphatic rings. The number of aliphatic hydroxyl groups excluding tert-OH is 1. The summed E-state index contributed by atoms with van der Waals surface area (Å²) in [6.45, 7) is 0. The topological polar surface area (TPSA) is 66.8 Å². The fourth-order valence-electron chi connectivity index (χ4n) is 2.70. The number of nitrogens with zero attached hydrogens (tertiary/aromatic N) is 1. The fraction of sp³-hybridized carbons (Fsp3) is 0.571. The Kier molecular flexibility index (Phi) is 5.14. The molecule has 2 atom stereocenters. The van der Waals surface area contributed by atoms with Gasteiger partial charge in [0, 0.05) is 12.1 Å². The number of hydrogen-bond acceptors (Lipinski definition) is 4. The van der Waals surface area contributed by atoms with Crippen LogP contribution < -0.4 is 4.74 Å². The quantitative estimate of drug-likeness (QED) is 0.918. The van der Waals surface area contributed by atoms with Crippen molar-refractivity contribution in [2.24, 2.45) is 0 Å². The van der Waals surface area contributed by atoms with Gasteiger partial charge >= 0.3 is 0 Å². The van der Waals surface area contributed by atoms with Crippen LogP contribution in [0.25, 0.3) is 0 Å². The molecule has 5 nitrogen and oxygen atoms in total. The maximum absolute atomic E-state index is 12.8. The van der Waals surface area contributed by atoms with Crippen molar-refractivity contribution in [2.45, 2.75) is 42.7 Å². The number of methoxy groups -OCH3 is 1. The van der Waals surface area contributed by atoms with E-state index in [9.17, 15) is 13.5 Å². The van der Waals surface area contributed by atoms with Gasteiger partial charge in [0.25, 0.3) is 0 Å². The largest absolute Gasteiger partial charge is 0.495 e. The Morgan fingerprint density at radius 2 is 2.00 bits per heavy atom. The fourth-order valence-corrected chi connectivity index (χ4v) is 4.53. The second-order valence-electron chi connectivity index (χ2n) is 5.24. The number of hydrogen-bond donors (Lipinski definition) is 1. The number of rotatable bonds is 4. The SMILES string of the molecule is COc1ccc(Cl)cc1S(=O)(=O)N(C)[C@@H]1CCCC[C@H]1O. The first-order valence-corrected chi connectivity index (χ1v) is 8.69. The number of aliphatic hydroxyl groups is 1. The van der Waals surface area contributed by atoms with Crippen LogP contribution in [0.1, 0.15) is 25.7 Å². The van der Waals surface area contributed by atoms with Gasteiger partial charge in [0.05, 0.1) is 19.3 Å². The van der Waals surface area contributed by atoms with E-state index in [0.717, 1.165) is 12.8 Å². The molecule has 1 fully saturated rings. The Morgan fingerprint density at radius 3 is 2.62 bits per heavy atom. The minimum Gasteiger partial charge on any atom is -0.495 e. The molecule has 21 heavy (non-hydrogen) atoms. The summed E-state index contributed by atoms with van der Waals surface area (Å²) in [5.74, 6) is 0.247. The Hall–Kier alpha value is -0.820. The molecule has 0 saturated heterocycles. The standard InChI is InChI=1S/C14H20ClNO4S/c1-16(11-5-3-4-6-12(11)17)21(18,19)14-9-10(15)7-8-13(14)20-2/h7-9,11-12,17H,3-6H2,1-2H3/t11-,12-/m1/s1. The van der Waals surface area contributed by atoms with E-state index in [4.69, 9.17) is 16.3 Å². The van der Waals surface area contributed by atoms with Gasteiger partial charge in [-0.25, -0.2) is 8.42 Å². The minimum absolute atomic E-state index is 0.0257. The number of sulfonamides is 1. The average Bonchev–Trinajstić information content (AvgIpc) is 2.47. The van der Waals surface area contributed by atoms with Crippen molar-refractivity contribution in [3.05, 3.63) is 23.2 Å². The van der Waals surface area contributed by atoms with E-state index in [1.807, 2.05) is 0 Å². The van der Waals surface area contributed by atoms with Crippen molar-refractivity contribution in [3.8, 4) is 5.75 Å². The van der Waals surface area contributed by atoms with E-state index in [2.05, 4.69) is 0 Å². The summed E-state index contributed by atoms with van der Waals surface area (Å²) in [6, 6.07) is 4.07. The van der Waals surface area contributed by atoms with Crippen molar-refractivity contribution >= 4 is 21.6 Å². The predicted octanol–water partition coefficient (Wildman–Crippen LogP) is 2.27. The van der Waals surface area contributed by atoms with E-state index < -0.39 is 22.2 Å². The van der Waals surface area contributed by atoms with Gasteiger partial charge in [-0.05, 0) is 31.0 Å². The minimum atomic E-state index is -3.77. The molecule has 2 rings (SSSR count). The van der Waals surface area contributed by atoms with Crippen LogP contribution in [0, 0.1) is 0 Å². The second-order valence-corrected chi connectivity index (χ2v) is 7.64. The summed E-state index contributed by atoms with van der Waals surface area (Å²) in [7, 11) is -0.864. The van der Waals surface area contributed by atoms with Gasteiger partial charge in [-0.3, -0.25) is 0 Å². The number of benzene rings is 1. The molecular formula is C14H20ClNO4S. The van der Waals surface area contributed by atoms with Crippen LogP contribution in [0.2, 0.25) is 5.02 Å². The van der Waals surface area contributed by atoms with Crippen molar-refractivity contribution in [2.75, 3.05) is 14.2 Å². The van der Waals surface area contributed by atoms with E-state index in [1.54, 1.807) is 6.07 Å². The highest BCUT2D eigenvalue weighted by Crippen LogP contribution is 2.32. The lowest BCUT2D eigenvalue weighted by Gasteiger charge is -2.34. The number of likely N-dealkylation sites (N-methyl/N-ethyl adjacent to an activating group) is 1. The Bertz CT molecular complexity index is 605. The zero-order chi connectivity index (χ0) is 15.6. The molecule has 0 aliphatic heterocycles. The van der Waals surface area contributed by atoms with Crippen LogP contribution >= 0.6 is 11.6 Å².